The standard InChI is InChI=1S/C20H15N3O2S/c1-13-7-5-11-16(21-13)22-19(24)18-17(14-8-3-2-4-9-14)23-20(26-18)15-10-6-12-25-15/h2-12H,1H3,(H,21,22,24). The van der Waals surface area contributed by atoms with Crippen molar-refractivity contribution in [3.8, 4) is 22.0 Å². The Hall–Kier alpha value is -3.25. The third-order valence-electron chi connectivity index (χ3n) is 3.74. The van der Waals surface area contributed by atoms with Crippen molar-refractivity contribution >= 4 is 23.1 Å². The Morgan fingerprint density at radius 1 is 1.00 bits per heavy atom. The van der Waals surface area contributed by atoms with Crippen molar-refractivity contribution < 1.29 is 9.21 Å². The summed E-state index contributed by atoms with van der Waals surface area (Å²) in [6, 6.07) is 18.8. The van der Waals surface area contributed by atoms with Gasteiger partial charge in [-0.3, -0.25) is 4.79 Å². The van der Waals surface area contributed by atoms with Crippen LogP contribution in [0.3, 0.4) is 0 Å². The molecule has 0 aliphatic rings. The summed E-state index contributed by atoms with van der Waals surface area (Å²) in [6.07, 6.45) is 1.59. The first-order valence-electron chi connectivity index (χ1n) is 8.06. The number of pyridine rings is 1. The molecule has 0 saturated carbocycles. The summed E-state index contributed by atoms with van der Waals surface area (Å²) in [7, 11) is 0. The molecule has 0 atom stereocenters. The Bertz CT molecular complexity index is 1040. The normalized spacial score (nSPS) is 10.7. The van der Waals surface area contributed by atoms with E-state index in [9.17, 15) is 4.79 Å². The van der Waals surface area contributed by atoms with E-state index >= 15 is 0 Å². The summed E-state index contributed by atoms with van der Waals surface area (Å²) in [6.45, 7) is 1.88. The van der Waals surface area contributed by atoms with Gasteiger partial charge in [0, 0.05) is 11.3 Å². The highest BCUT2D eigenvalue weighted by Gasteiger charge is 2.21. The number of hydrogen-bond donors (Lipinski definition) is 1. The van der Waals surface area contributed by atoms with Gasteiger partial charge in [0.25, 0.3) is 5.91 Å². The van der Waals surface area contributed by atoms with Crippen LogP contribution in [-0.2, 0) is 0 Å². The molecule has 6 heteroatoms. The van der Waals surface area contributed by atoms with Crippen molar-refractivity contribution in [1.29, 1.82) is 0 Å². The van der Waals surface area contributed by atoms with E-state index in [0.717, 1.165) is 11.3 Å². The number of carbonyl (C=O) groups excluding carboxylic acids is 1. The number of amides is 1. The van der Waals surface area contributed by atoms with Crippen LogP contribution in [0.15, 0.2) is 71.3 Å². The van der Waals surface area contributed by atoms with Crippen LogP contribution in [0.4, 0.5) is 5.82 Å². The van der Waals surface area contributed by atoms with Crippen LogP contribution < -0.4 is 5.32 Å². The third kappa shape index (κ3) is 3.27. The lowest BCUT2D eigenvalue weighted by molar-refractivity contribution is 0.103. The quantitative estimate of drug-likeness (QED) is 0.554. The molecule has 0 unspecified atom stereocenters. The zero-order chi connectivity index (χ0) is 17.9. The van der Waals surface area contributed by atoms with Gasteiger partial charge >= 0.3 is 0 Å². The van der Waals surface area contributed by atoms with Gasteiger partial charge in [-0.15, -0.1) is 11.3 Å². The van der Waals surface area contributed by atoms with Gasteiger partial charge in [-0.1, -0.05) is 36.4 Å². The van der Waals surface area contributed by atoms with E-state index in [1.165, 1.54) is 11.3 Å². The maximum atomic E-state index is 12.9. The molecule has 3 heterocycles. The zero-order valence-corrected chi connectivity index (χ0v) is 14.8. The predicted molar refractivity (Wildman–Crippen MR) is 102 cm³/mol. The first-order chi connectivity index (χ1) is 12.7. The molecule has 0 aliphatic heterocycles. The molecule has 5 nitrogen and oxygen atoms in total. The van der Waals surface area contributed by atoms with Gasteiger partial charge in [0.05, 0.1) is 12.0 Å². The largest absolute Gasteiger partial charge is 0.462 e. The molecule has 4 rings (SSSR count). The van der Waals surface area contributed by atoms with E-state index in [1.807, 2.05) is 55.5 Å². The van der Waals surface area contributed by atoms with Crippen molar-refractivity contribution in [3.63, 3.8) is 0 Å². The van der Waals surface area contributed by atoms with E-state index in [1.54, 1.807) is 18.4 Å². The smallest absolute Gasteiger partial charge is 0.269 e. The van der Waals surface area contributed by atoms with Gasteiger partial charge in [-0.05, 0) is 31.2 Å². The Kier molecular flexibility index (Phi) is 4.33. The number of aromatic nitrogens is 2. The number of nitrogens with one attached hydrogen (secondary N) is 1. The minimum absolute atomic E-state index is 0.239. The molecular formula is C20H15N3O2S. The third-order valence-corrected chi connectivity index (χ3v) is 4.81. The van der Waals surface area contributed by atoms with Crippen LogP contribution in [0, 0.1) is 6.92 Å². The van der Waals surface area contributed by atoms with Gasteiger partial charge in [0.15, 0.2) is 10.8 Å². The molecule has 0 bridgehead atoms. The fourth-order valence-electron chi connectivity index (χ4n) is 2.56. The molecule has 1 aromatic carbocycles. The average Bonchev–Trinajstić information content (AvgIpc) is 3.32. The summed E-state index contributed by atoms with van der Waals surface area (Å²) >= 11 is 1.30. The van der Waals surface area contributed by atoms with Crippen LogP contribution in [0.25, 0.3) is 22.0 Å². The van der Waals surface area contributed by atoms with E-state index in [0.29, 0.717) is 27.2 Å². The van der Waals surface area contributed by atoms with Gasteiger partial charge in [0.2, 0.25) is 0 Å². The Morgan fingerprint density at radius 2 is 1.85 bits per heavy atom. The van der Waals surface area contributed by atoms with E-state index in [2.05, 4.69) is 15.3 Å². The molecule has 0 fully saturated rings. The fraction of sp³-hybridized carbons (Fsp3) is 0.0500. The summed E-state index contributed by atoms with van der Waals surface area (Å²) in [5.41, 5.74) is 2.35. The number of rotatable bonds is 4. The minimum Gasteiger partial charge on any atom is -0.462 e. The Balaban J connectivity index is 1.75. The molecule has 4 aromatic rings. The summed E-state index contributed by atoms with van der Waals surface area (Å²) in [4.78, 5) is 22.4. The van der Waals surface area contributed by atoms with Gasteiger partial charge in [0.1, 0.15) is 10.7 Å². The number of furan rings is 1. The van der Waals surface area contributed by atoms with E-state index in [-0.39, 0.29) is 5.91 Å². The minimum atomic E-state index is -0.239. The topological polar surface area (TPSA) is 68.0 Å². The molecule has 26 heavy (non-hydrogen) atoms. The van der Waals surface area contributed by atoms with Gasteiger partial charge in [-0.2, -0.15) is 0 Å². The number of nitrogens with zero attached hydrogens (tertiary/aromatic N) is 2. The molecule has 0 spiro atoms. The molecule has 1 amide bonds. The number of aryl methyl sites for hydroxylation is 1. The van der Waals surface area contributed by atoms with Crippen LogP contribution in [0.2, 0.25) is 0 Å². The van der Waals surface area contributed by atoms with Crippen LogP contribution in [0.5, 0.6) is 0 Å². The molecule has 3 aromatic heterocycles. The first kappa shape index (κ1) is 16.2. The molecule has 0 saturated heterocycles. The Labute approximate surface area is 154 Å². The SMILES string of the molecule is Cc1cccc(NC(=O)c2sc(-c3ccco3)nc2-c2ccccc2)n1. The maximum absolute atomic E-state index is 12.9. The summed E-state index contributed by atoms with van der Waals surface area (Å²) in [5.74, 6) is 0.916. The fourth-order valence-corrected chi connectivity index (χ4v) is 3.51. The first-order valence-corrected chi connectivity index (χ1v) is 8.87. The summed E-state index contributed by atoms with van der Waals surface area (Å²) in [5, 5.41) is 3.52. The molecule has 1 N–H and O–H groups in total. The van der Waals surface area contributed by atoms with Gasteiger partial charge in [-0.25, -0.2) is 9.97 Å². The highest BCUT2D eigenvalue weighted by Crippen LogP contribution is 2.34. The second-order valence-electron chi connectivity index (χ2n) is 5.66. The van der Waals surface area contributed by atoms with Crippen LogP contribution in [-0.4, -0.2) is 15.9 Å². The van der Waals surface area contributed by atoms with Crippen molar-refractivity contribution in [3.05, 3.63) is 77.5 Å². The summed E-state index contributed by atoms with van der Waals surface area (Å²) < 4.78 is 5.44. The maximum Gasteiger partial charge on any atom is 0.269 e. The lowest BCUT2D eigenvalue weighted by Gasteiger charge is -2.05. The molecule has 0 radical (unpaired) electrons. The van der Waals surface area contributed by atoms with E-state index < -0.39 is 0 Å². The highest BCUT2D eigenvalue weighted by molar-refractivity contribution is 7.17. The molecule has 128 valence electrons. The van der Waals surface area contributed by atoms with Crippen molar-refractivity contribution in [2.75, 3.05) is 5.32 Å². The number of anilines is 1. The monoisotopic (exact) mass is 361 g/mol. The van der Waals surface area contributed by atoms with Crippen molar-refractivity contribution in [2.24, 2.45) is 0 Å². The zero-order valence-electron chi connectivity index (χ0n) is 14.0. The van der Waals surface area contributed by atoms with Gasteiger partial charge < -0.3 is 9.73 Å². The average molecular weight is 361 g/mol. The van der Waals surface area contributed by atoms with Crippen molar-refractivity contribution in [2.45, 2.75) is 6.92 Å². The molecule has 0 aliphatic carbocycles. The Morgan fingerprint density at radius 3 is 2.58 bits per heavy atom. The van der Waals surface area contributed by atoms with Crippen molar-refractivity contribution in [1.82, 2.24) is 9.97 Å². The number of thiazole rings is 1. The number of benzene rings is 1. The van der Waals surface area contributed by atoms with Crippen LogP contribution in [0.1, 0.15) is 15.4 Å². The lowest BCUT2D eigenvalue weighted by Crippen LogP contribution is -2.12. The second kappa shape index (κ2) is 6.93. The number of hydrogen-bond acceptors (Lipinski definition) is 5. The molecular weight excluding hydrogens is 346 g/mol. The highest BCUT2D eigenvalue weighted by atomic mass is 32.1. The lowest BCUT2D eigenvalue weighted by atomic mass is 10.1. The van der Waals surface area contributed by atoms with E-state index in [4.69, 9.17) is 4.42 Å². The predicted octanol–water partition coefficient (Wildman–Crippen LogP) is 5.03. The number of carbonyl (C=O) groups is 1. The van der Waals surface area contributed by atoms with Crippen LogP contribution >= 0.6 is 11.3 Å². The second-order valence-corrected chi connectivity index (χ2v) is 6.66.